The number of aromatic nitrogens is 2. The summed E-state index contributed by atoms with van der Waals surface area (Å²) in [6.45, 7) is 2.99. The van der Waals surface area contributed by atoms with Crippen molar-refractivity contribution < 1.29 is 14.3 Å². The fourth-order valence-corrected chi connectivity index (χ4v) is 3.93. The van der Waals surface area contributed by atoms with Gasteiger partial charge in [-0.05, 0) is 38.3 Å². The van der Waals surface area contributed by atoms with Gasteiger partial charge in [0.2, 0.25) is 5.91 Å². The van der Waals surface area contributed by atoms with E-state index in [0.29, 0.717) is 18.2 Å². The van der Waals surface area contributed by atoms with Gasteiger partial charge in [-0.25, -0.2) is 4.98 Å². The molecule has 0 saturated heterocycles. The van der Waals surface area contributed by atoms with Gasteiger partial charge in [0.1, 0.15) is 5.92 Å². The molecule has 3 rings (SSSR count). The second-order valence-corrected chi connectivity index (χ2v) is 6.83. The third-order valence-corrected chi connectivity index (χ3v) is 5.07. The average molecular weight is 347 g/mol. The molecule has 1 aliphatic carbocycles. The quantitative estimate of drug-likeness (QED) is 0.782. The topological polar surface area (TPSA) is 73.2 Å². The summed E-state index contributed by atoms with van der Waals surface area (Å²) in [7, 11) is 0. The number of hydrogen-bond donors (Lipinski definition) is 1. The first kappa shape index (κ1) is 16.7. The second-order valence-electron chi connectivity index (χ2n) is 5.74. The molecule has 0 spiro atoms. The maximum Gasteiger partial charge on any atom is 0.315 e. The molecule has 0 fully saturated rings. The molecule has 0 aromatic carbocycles. The lowest BCUT2D eigenvalue weighted by Gasteiger charge is -2.08. The van der Waals surface area contributed by atoms with Crippen LogP contribution < -0.4 is 5.32 Å². The molecule has 1 atom stereocenters. The normalized spacial score (nSPS) is 16.0. The molecule has 2 aromatic rings. The van der Waals surface area contributed by atoms with E-state index in [4.69, 9.17) is 4.74 Å². The van der Waals surface area contributed by atoms with Crippen LogP contribution in [0.25, 0.3) is 0 Å². The minimum atomic E-state index is -0.282. The van der Waals surface area contributed by atoms with Crippen molar-refractivity contribution in [3.8, 4) is 0 Å². The number of carbonyl (C=O) groups is 2. The van der Waals surface area contributed by atoms with Crippen LogP contribution in [0.15, 0.2) is 24.5 Å². The van der Waals surface area contributed by atoms with Crippen LogP contribution >= 0.6 is 11.3 Å². The zero-order valence-electron chi connectivity index (χ0n) is 13.7. The van der Waals surface area contributed by atoms with Gasteiger partial charge in [0.25, 0.3) is 0 Å². The Morgan fingerprint density at radius 2 is 2.21 bits per heavy atom. The number of ether oxygens (including phenoxy) is 1. The lowest BCUT2D eigenvalue weighted by atomic mass is 10.1. The molecule has 1 amide bonds. The maximum atomic E-state index is 12.0. The predicted octanol–water partition coefficient (Wildman–Crippen LogP) is 2.96. The number of anilines is 1. The number of nitrogens with one attached hydrogen (secondary N) is 1. The molecule has 7 heteroatoms. The summed E-state index contributed by atoms with van der Waals surface area (Å²) in [4.78, 5) is 29.5. The number of esters is 1. The third kappa shape index (κ3) is 3.84. The van der Waals surface area contributed by atoms with Crippen molar-refractivity contribution in [3.05, 3.63) is 35.1 Å². The van der Waals surface area contributed by atoms with Crippen LogP contribution in [-0.2, 0) is 27.3 Å². The third-order valence-electron chi connectivity index (χ3n) is 4.02. The zero-order valence-corrected chi connectivity index (χ0v) is 14.5. The van der Waals surface area contributed by atoms with Gasteiger partial charge >= 0.3 is 5.97 Å². The number of carbonyl (C=O) groups excluding carboxylic acids is 2. The monoisotopic (exact) mass is 347 g/mol. The maximum absolute atomic E-state index is 12.0. The number of nitrogens with zero attached hydrogens (tertiary/aromatic N) is 2. The van der Waals surface area contributed by atoms with E-state index in [1.54, 1.807) is 6.92 Å². The minimum absolute atomic E-state index is 0.0396. The highest BCUT2D eigenvalue weighted by Gasteiger charge is 2.33. The van der Waals surface area contributed by atoms with E-state index in [-0.39, 0.29) is 17.8 Å². The van der Waals surface area contributed by atoms with Crippen LogP contribution in [0.5, 0.6) is 0 Å². The molecule has 2 aromatic heterocycles. The summed E-state index contributed by atoms with van der Waals surface area (Å²) >= 11 is 1.46. The minimum Gasteiger partial charge on any atom is -0.465 e. The van der Waals surface area contributed by atoms with Gasteiger partial charge in [-0.3, -0.25) is 9.59 Å². The summed E-state index contributed by atoms with van der Waals surface area (Å²) < 4.78 is 7.15. The smallest absolute Gasteiger partial charge is 0.315 e. The first-order valence-corrected chi connectivity index (χ1v) is 9.06. The van der Waals surface area contributed by atoms with E-state index < -0.39 is 0 Å². The Bertz CT molecular complexity index is 709. The molecule has 1 aliphatic rings. The highest BCUT2D eigenvalue weighted by Crippen LogP contribution is 2.38. The number of fused-ring (bicyclic) bond motifs is 1. The standard InChI is InChI=1S/C17H21N3O3S/c1-2-23-16(22)12-7-8-13-15(12)19-17(24-13)18-14(21)6-5-11-20-9-3-4-10-20/h3-4,9-10,12H,2,5-8,11H2,1H3,(H,18,19,21). The van der Waals surface area contributed by atoms with Crippen LogP contribution in [0.2, 0.25) is 0 Å². The van der Waals surface area contributed by atoms with E-state index in [1.807, 2.05) is 24.5 Å². The van der Waals surface area contributed by atoms with Crippen LogP contribution in [0.3, 0.4) is 0 Å². The molecule has 2 heterocycles. The van der Waals surface area contributed by atoms with Crippen molar-refractivity contribution in [1.82, 2.24) is 9.55 Å². The summed E-state index contributed by atoms with van der Waals surface area (Å²) in [6, 6.07) is 3.94. The summed E-state index contributed by atoms with van der Waals surface area (Å²) in [6.07, 6.45) is 6.76. The Morgan fingerprint density at radius 3 is 2.96 bits per heavy atom. The Labute approximate surface area is 144 Å². The number of amides is 1. The zero-order chi connectivity index (χ0) is 16.9. The fraction of sp³-hybridized carbons (Fsp3) is 0.471. The molecule has 24 heavy (non-hydrogen) atoms. The molecule has 6 nitrogen and oxygen atoms in total. The first-order valence-electron chi connectivity index (χ1n) is 8.24. The summed E-state index contributed by atoms with van der Waals surface area (Å²) in [5.41, 5.74) is 0.779. The van der Waals surface area contributed by atoms with Crippen molar-refractivity contribution in [2.45, 2.75) is 45.1 Å². The van der Waals surface area contributed by atoms with E-state index in [2.05, 4.69) is 14.9 Å². The SMILES string of the molecule is CCOC(=O)C1CCc2sc(NC(=O)CCCn3cccc3)nc21. The van der Waals surface area contributed by atoms with Crippen molar-refractivity contribution in [2.24, 2.45) is 0 Å². The van der Waals surface area contributed by atoms with Gasteiger partial charge in [-0.15, -0.1) is 11.3 Å². The Kier molecular flexibility index (Phi) is 5.30. The van der Waals surface area contributed by atoms with Gasteiger partial charge in [0, 0.05) is 30.2 Å². The lowest BCUT2D eigenvalue weighted by molar-refractivity contribution is -0.145. The highest BCUT2D eigenvalue weighted by molar-refractivity contribution is 7.16. The van der Waals surface area contributed by atoms with E-state index in [0.717, 1.165) is 36.4 Å². The van der Waals surface area contributed by atoms with Gasteiger partial charge in [-0.2, -0.15) is 0 Å². The van der Waals surface area contributed by atoms with Crippen molar-refractivity contribution in [2.75, 3.05) is 11.9 Å². The number of hydrogen-bond acceptors (Lipinski definition) is 5. The van der Waals surface area contributed by atoms with E-state index in [9.17, 15) is 9.59 Å². The molecule has 0 aliphatic heterocycles. The van der Waals surface area contributed by atoms with E-state index >= 15 is 0 Å². The van der Waals surface area contributed by atoms with Gasteiger partial charge in [0.05, 0.1) is 12.3 Å². The lowest BCUT2D eigenvalue weighted by Crippen LogP contribution is -2.15. The van der Waals surface area contributed by atoms with Crippen LogP contribution in [0.1, 0.15) is 42.7 Å². The first-order chi connectivity index (χ1) is 11.7. The molecule has 1 unspecified atom stereocenters. The molecule has 0 radical (unpaired) electrons. The average Bonchev–Trinajstić information content (AvgIpc) is 3.24. The largest absolute Gasteiger partial charge is 0.465 e. The van der Waals surface area contributed by atoms with Gasteiger partial charge in [-0.1, -0.05) is 0 Å². The number of rotatable bonds is 7. The van der Waals surface area contributed by atoms with Crippen LogP contribution in [0, 0.1) is 0 Å². The fourth-order valence-electron chi connectivity index (χ4n) is 2.88. The summed E-state index contributed by atoms with van der Waals surface area (Å²) in [5, 5.41) is 3.43. The van der Waals surface area contributed by atoms with Crippen LogP contribution in [-0.4, -0.2) is 28.0 Å². The molecule has 128 valence electrons. The van der Waals surface area contributed by atoms with E-state index in [1.165, 1.54) is 11.3 Å². The molecular formula is C17H21N3O3S. The van der Waals surface area contributed by atoms with Crippen molar-refractivity contribution in [3.63, 3.8) is 0 Å². The van der Waals surface area contributed by atoms with Gasteiger partial charge in [0.15, 0.2) is 5.13 Å². The van der Waals surface area contributed by atoms with Crippen molar-refractivity contribution in [1.29, 1.82) is 0 Å². The Hall–Kier alpha value is -2.15. The second kappa shape index (κ2) is 7.61. The highest BCUT2D eigenvalue weighted by atomic mass is 32.1. The predicted molar refractivity (Wildman–Crippen MR) is 92.1 cm³/mol. The number of thiazole rings is 1. The Balaban J connectivity index is 1.52. The summed E-state index contributed by atoms with van der Waals surface area (Å²) in [5.74, 6) is -0.538. The van der Waals surface area contributed by atoms with Crippen LogP contribution in [0.4, 0.5) is 5.13 Å². The Morgan fingerprint density at radius 1 is 1.42 bits per heavy atom. The molecule has 0 bridgehead atoms. The number of aryl methyl sites for hydroxylation is 2. The molecule has 0 saturated carbocycles. The molecular weight excluding hydrogens is 326 g/mol. The molecule has 1 N–H and O–H groups in total. The van der Waals surface area contributed by atoms with Crippen molar-refractivity contribution >= 4 is 28.3 Å². The van der Waals surface area contributed by atoms with Gasteiger partial charge < -0.3 is 14.6 Å².